The summed E-state index contributed by atoms with van der Waals surface area (Å²) >= 11 is 0. The van der Waals surface area contributed by atoms with Crippen LogP contribution in [0.3, 0.4) is 0 Å². The number of benzene rings is 1. The minimum absolute atomic E-state index is 0.114. The van der Waals surface area contributed by atoms with E-state index in [4.69, 9.17) is 4.74 Å². The van der Waals surface area contributed by atoms with Crippen molar-refractivity contribution < 1.29 is 9.84 Å². The third-order valence-electron chi connectivity index (χ3n) is 3.65. The van der Waals surface area contributed by atoms with Gasteiger partial charge in [0.2, 0.25) is 0 Å². The number of hydrogen-bond donors (Lipinski definition) is 2. The number of hydrogen-bond acceptors (Lipinski definition) is 6. The van der Waals surface area contributed by atoms with Crippen molar-refractivity contribution in [3.05, 3.63) is 48.0 Å². The highest BCUT2D eigenvalue weighted by Gasteiger charge is 2.17. The zero-order valence-corrected chi connectivity index (χ0v) is 13.1. The van der Waals surface area contributed by atoms with Crippen LogP contribution >= 0.6 is 0 Å². The summed E-state index contributed by atoms with van der Waals surface area (Å²) in [5.74, 6) is 1.05. The molecule has 2 heterocycles. The summed E-state index contributed by atoms with van der Waals surface area (Å²) in [6, 6.07) is 9.52. The number of ether oxygens (including phenoxy) is 1. The van der Waals surface area contributed by atoms with Gasteiger partial charge in [-0.1, -0.05) is 12.1 Å². The number of methoxy groups -OCH3 is 1. The van der Waals surface area contributed by atoms with Gasteiger partial charge in [0, 0.05) is 25.7 Å². The standard InChI is InChI=1S/C16H19N5O2/c1-21-14(7-8-17-21)13(10-23-2)19-16-11-5-3-4-6-12(11)18-15(9-22)20-16/h3-8,13,22H,9-10H2,1-2H3,(H,18,19,20)/t13-/m0/s1. The number of aromatic nitrogens is 4. The number of para-hydroxylation sites is 1. The highest BCUT2D eigenvalue weighted by Crippen LogP contribution is 2.25. The monoisotopic (exact) mass is 313 g/mol. The summed E-state index contributed by atoms with van der Waals surface area (Å²) in [7, 11) is 3.54. The van der Waals surface area contributed by atoms with Crippen LogP contribution in [0.15, 0.2) is 36.5 Å². The fraction of sp³-hybridized carbons (Fsp3) is 0.312. The number of aliphatic hydroxyl groups is 1. The molecule has 120 valence electrons. The number of aryl methyl sites for hydroxylation is 1. The molecule has 0 aliphatic heterocycles. The molecule has 0 saturated heterocycles. The molecule has 0 bridgehead atoms. The van der Waals surface area contributed by atoms with E-state index in [-0.39, 0.29) is 12.6 Å². The Bertz CT molecular complexity index is 802. The largest absolute Gasteiger partial charge is 0.388 e. The molecular weight excluding hydrogens is 294 g/mol. The maximum absolute atomic E-state index is 9.40. The zero-order valence-electron chi connectivity index (χ0n) is 13.1. The quantitative estimate of drug-likeness (QED) is 0.720. The first-order valence-corrected chi connectivity index (χ1v) is 7.33. The maximum Gasteiger partial charge on any atom is 0.156 e. The Hall–Kier alpha value is -2.51. The van der Waals surface area contributed by atoms with Gasteiger partial charge in [-0.3, -0.25) is 4.68 Å². The summed E-state index contributed by atoms with van der Waals surface area (Å²) in [6.45, 7) is 0.256. The van der Waals surface area contributed by atoms with E-state index in [0.717, 1.165) is 16.6 Å². The van der Waals surface area contributed by atoms with Gasteiger partial charge in [-0.2, -0.15) is 5.10 Å². The molecule has 1 aromatic carbocycles. The molecule has 1 atom stereocenters. The Morgan fingerprint density at radius 2 is 2.09 bits per heavy atom. The Morgan fingerprint density at radius 1 is 1.26 bits per heavy atom. The van der Waals surface area contributed by atoms with E-state index in [1.165, 1.54) is 0 Å². The van der Waals surface area contributed by atoms with E-state index in [1.807, 2.05) is 37.4 Å². The third kappa shape index (κ3) is 3.15. The molecule has 0 saturated carbocycles. The van der Waals surface area contributed by atoms with Crippen molar-refractivity contribution in [3.8, 4) is 0 Å². The highest BCUT2D eigenvalue weighted by atomic mass is 16.5. The lowest BCUT2D eigenvalue weighted by Gasteiger charge is -2.20. The number of anilines is 1. The molecule has 0 fully saturated rings. The lowest BCUT2D eigenvalue weighted by Crippen LogP contribution is -2.20. The van der Waals surface area contributed by atoms with Gasteiger partial charge in [-0.05, 0) is 18.2 Å². The molecule has 7 nitrogen and oxygen atoms in total. The van der Waals surface area contributed by atoms with Crippen LogP contribution in [0.2, 0.25) is 0 Å². The number of nitrogens with zero attached hydrogens (tertiary/aromatic N) is 4. The van der Waals surface area contributed by atoms with Gasteiger partial charge in [0.1, 0.15) is 12.4 Å². The summed E-state index contributed by atoms with van der Waals surface area (Å²) in [4.78, 5) is 8.76. The Kier molecular flexibility index (Phi) is 4.50. The zero-order chi connectivity index (χ0) is 16.2. The van der Waals surface area contributed by atoms with Crippen LogP contribution in [0.1, 0.15) is 17.6 Å². The smallest absolute Gasteiger partial charge is 0.156 e. The molecule has 3 rings (SSSR count). The first kappa shape index (κ1) is 15.4. The van der Waals surface area contributed by atoms with Crippen LogP contribution in [0, 0.1) is 0 Å². The van der Waals surface area contributed by atoms with Gasteiger partial charge in [-0.15, -0.1) is 0 Å². The second kappa shape index (κ2) is 6.72. The number of fused-ring (bicyclic) bond motifs is 1. The van der Waals surface area contributed by atoms with Gasteiger partial charge < -0.3 is 15.2 Å². The van der Waals surface area contributed by atoms with E-state index in [1.54, 1.807) is 18.0 Å². The van der Waals surface area contributed by atoms with E-state index in [2.05, 4.69) is 20.4 Å². The molecule has 0 unspecified atom stereocenters. The van der Waals surface area contributed by atoms with Gasteiger partial charge >= 0.3 is 0 Å². The number of nitrogens with one attached hydrogen (secondary N) is 1. The van der Waals surface area contributed by atoms with E-state index in [9.17, 15) is 5.11 Å². The molecule has 0 aliphatic rings. The van der Waals surface area contributed by atoms with Crippen molar-refractivity contribution in [1.29, 1.82) is 0 Å². The molecule has 7 heteroatoms. The fourth-order valence-corrected chi connectivity index (χ4v) is 2.56. The van der Waals surface area contributed by atoms with E-state index >= 15 is 0 Å². The molecule has 3 aromatic rings. The van der Waals surface area contributed by atoms with E-state index < -0.39 is 0 Å². The van der Waals surface area contributed by atoms with Gasteiger partial charge in [-0.25, -0.2) is 9.97 Å². The SMILES string of the molecule is COC[C@H](Nc1nc(CO)nc2ccccc12)c1ccnn1C. The van der Waals surface area contributed by atoms with Crippen molar-refractivity contribution in [2.75, 3.05) is 19.0 Å². The number of rotatable bonds is 6. The predicted octanol–water partition coefficient (Wildman–Crippen LogP) is 1.66. The minimum Gasteiger partial charge on any atom is -0.388 e. The van der Waals surface area contributed by atoms with Crippen molar-refractivity contribution in [3.63, 3.8) is 0 Å². The highest BCUT2D eigenvalue weighted by molar-refractivity contribution is 5.89. The summed E-state index contributed by atoms with van der Waals surface area (Å²) in [6.07, 6.45) is 1.75. The van der Waals surface area contributed by atoms with Crippen molar-refractivity contribution in [1.82, 2.24) is 19.7 Å². The van der Waals surface area contributed by atoms with Gasteiger partial charge in [0.25, 0.3) is 0 Å². The van der Waals surface area contributed by atoms with Gasteiger partial charge in [0.05, 0.1) is 23.9 Å². The van der Waals surface area contributed by atoms with Crippen LogP contribution in [0.25, 0.3) is 10.9 Å². The molecule has 0 spiro atoms. The summed E-state index contributed by atoms with van der Waals surface area (Å²) in [5, 5.41) is 17.9. The number of aliphatic hydroxyl groups excluding tert-OH is 1. The van der Waals surface area contributed by atoms with Crippen LogP contribution in [0.5, 0.6) is 0 Å². The maximum atomic E-state index is 9.40. The van der Waals surface area contributed by atoms with Crippen LogP contribution in [0.4, 0.5) is 5.82 Å². The fourth-order valence-electron chi connectivity index (χ4n) is 2.56. The van der Waals surface area contributed by atoms with Crippen LogP contribution in [-0.2, 0) is 18.4 Å². The molecule has 0 radical (unpaired) electrons. The van der Waals surface area contributed by atoms with Gasteiger partial charge in [0.15, 0.2) is 5.82 Å². The average molecular weight is 313 g/mol. The molecule has 2 N–H and O–H groups in total. The van der Waals surface area contributed by atoms with Crippen molar-refractivity contribution in [2.45, 2.75) is 12.6 Å². The normalized spacial score (nSPS) is 12.5. The first-order chi connectivity index (χ1) is 11.2. The van der Waals surface area contributed by atoms with E-state index in [0.29, 0.717) is 18.2 Å². The second-order valence-electron chi connectivity index (χ2n) is 5.20. The molecule has 0 aliphatic carbocycles. The minimum atomic E-state index is -0.208. The molecule has 0 amide bonds. The second-order valence-corrected chi connectivity index (χ2v) is 5.20. The molecule has 2 aromatic heterocycles. The first-order valence-electron chi connectivity index (χ1n) is 7.33. The van der Waals surface area contributed by atoms with Crippen molar-refractivity contribution in [2.24, 2.45) is 7.05 Å². The average Bonchev–Trinajstić information content (AvgIpc) is 3.00. The van der Waals surface area contributed by atoms with Crippen LogP contribution in [-0.4, -0.2) is 38.6 Å². The third-order valence-corrected chi connectivity index (χ3v) is 3.65. The lowest BCUT2D eigenvalue weighted by atomic mass is 10.2. The predicted molar refractivity (Wildman–Crippen MR) is 86.9 cm³/mol. The van der Waals surface area contributed by atoms with Crippen LogP contribution < -0.4 is 5.32 Å². The summed E-state index contributed by atoms with van der Waals surface area (Å²) < 4.78 is 7.13. The lowest BCUT2D eigenvalue weighted by molar-refractivity contribution is 0.184. The Labute approximate surface area is 133 Å². The summed E-state index contributed by atoms with van der Waals surface area (Å²) in [5.41, 5.74) is 1.77. The Balaban J connectivity index is 2.03. The Morgan fingerprint density at radius 3 is 2.78 bits per heavy atom. The van der Waals surface area contributed by atoms with Crippen molar-refractivity contribution >= 4 is 16.7 Å². The molecule has 23 heavy (non-hydrogen) atoms. The topological polar surface area (TPSA) is 85.1 Å². The molecular formula is C16H19N5O2.